The second-order valence-electron chi connectivity index (χ2n) is 5.60. The highest BCUT2D eigenvalue weighted by Gasteiger charge is 2.24. The molecule has 5 nitrogen and oxygen atoms in total. The lowest BCUT2D eigenvalue weighted by atomic mass is 10.1. The lowest BCUT2D eigenvalue weighted by molar-refractivity contribution is -0.129. The Morgan fingerprint density at radius 2 is 2.00 bits per heavy atom. The molecule has 1 aliphatic heterocycles. The van der Waals surface area contributed by atoms with E-state index in [1.807, 2.05) is 31.2 Å². The van der Waals surface area contributed by atoms with Crippen molar-refractivity contribution in [3.63, 3.8) is 0 Å². The fourth-order valence-electron chi connectivity index (χ4n) is 2.31. The highest BCUT2D eigenvalue weighted by Crippen LogP contribution is 2.21. The minimum atomic E-state index is -0.508. The molecular weight excluding hydrogens is 398 g/mol. The van der Waals surface area contributed by atoms with Gasteiger partial charge in [0.15, 0.2) is 5.70 Å². The Hall–Kier alpha value is -2.73. The zero-order chi connectivity index (χ0) is 18.5. The molecule has 3 rings (SSSR count). The van der Waals surface area contributed by atoms with Crippen molar-refractivity contribution in [1.29, 1.82) is 0 Å². The summed E-state index contributed by atoms with van der Waals surface area (Å²) in [5, 5.41) is 0. The van der Waals surface area contributed by atoms with Crippen LogP contribution in [-0.4, -0.2) is 24.4 Å². The molecule has 6 heteroatoms. The predicted octanol–water partition coefficient (Wildman–Crippen LogP) is 4.36. The minimum absolute atomic E-state index is 0.210. The first-order chi connectivity index (χ1) is 12.6. The van der Waals surface area contributed by atoms with Gasteiger partial charge in [-0.05, 0) is 48.4 Å². The molecule has 0 saturated heterocycles. The van der Waals surface area contributed by atoms with E-state index in [2.05, 4.69) is 20.9 Å². The summed E-state index contributed by atoms with van der Waals surface area (Å²) in [6, 6.07) is 14.1. The number of benzene rings is 2. The number of nitrogens with zero attached hydrogens (tertiary/aromatic N) is 1. The molecule has 26 heavy (non-hydrogen) atoms. The monoisotopic (exact) mass is 413 g/mol. The molecule has 132 valence electrons. The SMILES string of the molecule is CCCOC(=O)c1ccc(/C=C2\N=C(c3cccc(Br)c3)OC2=O)cc1. The summed E-state index contributed by atoms with van der Waals surface area (Å²) >= 11 is 3.38. The van der Waals surface area contributed by atoms with E-state index in [0.717, 1.165) is 16.5 Å². The van der Waals surface area contributed by atoms with Gasteiger partial charge < -0.3 is 9.47 Å². The van der Waals surface area contributed by atoms with Crippen molar-refractivity contribution < 1.29 is 19.1 Å². The summed E-state index contributed by atoms with van der Waals surface area (Å²) < 4.78 is 11.2. The molecule has 0 radical (unpaired) electrons. The number of cyclic esters (lactones) is 1. The van der Waals surface area contributed by atoms with Gasteiger partial charge in [-0.1, -0.05) is 41.1 Å². The topological polar surface area (TPSA) is 65.0 Å². The van der Waals surface area contributed by atoms with Crippen LogP contribution >= 0.6 is 15.9 Å². The molecule has 0 N–H and O–H groups in total. The molecule has 0 amide bonds. The normalized spacial score (nSPS) is 14.9. The van der Waals surface area contributed by atoms with Crippen molar-refractivity contribution in [2.75, 3.05) is 6.61 Å². The van der Waals surface area contributed by atoms with Gasteiger partial charge in [0.2, 0.25) is 5.90 Å². The fraction of sp³-hybridized carbons (Fsp3) is 0.150. The number of carbonyl (C=O) groups excluding carboxylic acids is 2. The Balaban J connectivity index is 1.79. The van der Waals surface area contributed by atoms with Crippen LogP contribution in [0, 0.1) is 0 Å². The second kappa shape index (κ2) is 8.10. The van der Waals surface area contributed by atoms with Crippen molar-refractivity contribution in [3.8, 4) is 0 Å². The summed E-state index contributed by atoms with van der Waals surface area (Å²) in [5.41, 5.74) is 2.13. The third kappa shape index (κ3) is 4.26. The van der Waals surface area contributed by atoms with E-state index in [0.29, 0.717) is 17.7 Å². The van der Waals surface area contributed by atoms with Crippen LogP contribution in [0.3, 0.4) is 0 Å². The van der Waals surface area contributed by atoms with Gasteiger partial charge in [-0.3, -0.25) is 0 Å². The molecule has 0 aliphatic carbocycles. The third-order valence-corrected chi connectivity index (χ3v) is 4.07. The largest absolute Gasteiger partial charge is 0.462 e. The first-order valence-corrected chi connectivity index (χ1v) is 8.92. The van der Waals surface area contributed by atoms with Crippen LogP contribution in [0.1, 0.15) is 34.8 Å². The summed E-state index contributed by atoms with van der Waals surface area (Å²) in [4.78, 5) is 28.1. The Morgan fingerprint density at radius 3 is 2.69 bits per heavy atom. The Labute approximate surface area is 159 Å². The van der Waals surface area contributed by atoms with Crippen molar-refractivity contribution in [2.45, 2.75) is 13.3 Å². The quantitative estimate of drug-likeness (QED) is 0.539. The van der Waals surface area contributed by atoms with Gasteiger partial charge in [0.25, 0.3) is 0 Å². The van der Waals surface area contributed by atoms with Gasteiger partial charge in [-0.25, -0.2) is 14.6 Å². The molecular formula is C20H16BrNO4. The molecule has 0 fully saturated rings. The highest BCUT2D eigenvalue weighted by molar-refractivity contribution is 9.10. The summed E-state index contributed by atoms with van der Waals surface area (Å²) in [6.07, 6.45) is 2.39. The van der Waals surface area contributed by atoms with Gasteiger partial charge in [0.05, 0.1) is 12.2 Å². The molecule has 0 spiro atoms. The molecule has 0 atom stereocenters. The van der Waals surface area contributed by atoms with E-state index in [4.69, 9.17) is 9.47 Å². The number of ether oxygens (including phenoxy) is 2. The van der Waals surface area contributed by atoms with Gasteiger partial charge in [0.1, 0.15) is 0 Å². The molecule has 0 unspecified atom stereocenters. The van der Waals surface area contributed by atoms with E-state index in [1.54, 1.807) is 30.3 Å². The molecule has 1 heterocycles. The van der Waals surface area contributed by atoms with Crippen LogP contribution in [0.15, 0.2) is 63.7 Å². The van der Waals surface area contributed by atoms with Crippen LogP contribution in [0.5, 0.6) is 0 Å². The molecule has 0 saturated carbocycles. The maximum atomic E-state index is 12.0. The van der Waals surface area contributed by atoms with Gasteiger partial charge >= 0.3 is 11.9 Å². The first-order valence-electron chi connectivity index (χ1n) is 8.12. The van der Waals surface area contributed by atoms with Gasteiger partial charge in [0, 0.05) is 10.0 Å². The van der Waals surface area contributed by atoms with Gasteiger partial charge in [-0.15, -0.1) is 0 Å². The van der Waals surface area contributed by atoms with Crippen molar-refractivity contribution in [2.24, 2.45) is 4.99 Å². The van der Waals surface area contributed by atoms with Crippen molar-refractivity contribution in [1.82, 2.24) is 0 Å². The summed E-state index contributed by atoms with van der Waals surface area (Å²) in [7, 11) is 0. The zero-order valence-corrected chi connectivity index (χ0v) is 15.7. The smallest absolute Gasteiger partial charge is 0.363 e. The van der Waals surface area contributed by atoms with Crippen LogP contribution in [0.4, 0.5) is 0 Å². The van der Waals surface area contributed by atoms with Crippen LogP contribution in [0.25, 0.3) is 6.08 Å². The predicted molar refractivity (Wildman–Crippen MR) is 102 cm³/mol. The van der Waals surface area contributed by atoms with E-state index in [9.17, 15) is 9.59 Å². The summed E-state index contributed by atoms with van der Waals surface area (Å²) in [5.74, 6) is -0.602. The van der Waals surface area contributed by atoms with Crippen LogP contribution < -0.4 is 0 Å². The Kier molecular flexibility index (Phi) is 5.63. The van der Waals surface area contributed by atoms with E-state index in [-0.39, 0.29) is 17.6 Å². The van der Waals surface area contributed by atoms with E-state index in [1.165, 1.54) is 0 Å². The first kappa shape index (κ1) is 18.1. The molecule has 1 aliphatic rings. The molecule has 0 aromatic heterocycles. The fourth-order valence-corrected chi connectivity index (χ4v) is 2.70. The number of hydrogen-bond acceptors (Lipinski definition) is 5. The average molecular weight is 414 g/mol. The lowest BCUT2D eigenvalue weighted by Crippen LogP contribution is -2.05. The maximum absolute atomic E-state index is 12.0. The van der Waals surface area contributed by atoms with Crippen molar-refractivity contribution in [3.05, 3.63) is 75.4 Å². The van der Waals surface area contributed by atoms with Crippen LogP contribution in [-0.2, 0) is 14.3 Å². The van der Waals surface area contributed by atoms with E-state index < -0.39 is 5.97 Å². The molecule has 0 bridgehead atoms. The highest BCUT2D eigenvalue weighted by atomic mass is 79.9. The maximum Gasteiger partial charge on any atom is 0.363 e. The molecule has 2 aromatic rings. The molecule has 2 aromatic carbocycles. The lowest BCUT2D eigenvalue weighted by Gasteiger charge is -2.03. The number of aliphatic imine (C=N–C) groups is 1. The number of carbonyl (C=O) groups is 2. The average Bonchev–Trinajstić information content (AvgIpc) is 3.01. The van der Waals surface area contributed by atoms with Crippen LogP contribution in [0.2, 0.25) is 0 Å². The third-order valence-electron chi connectivity index (χ3n) is 3.58. The zero-order valence-electron chi connectivity index (χ0n) is 14.1. The number of hydrogen-bond donors (Lipinski definition) is 0. The number of halogens is 1. The van der Waals surface area contributed by atoms with Gasteiger partial charge in [-0.2, -0.15) is 0 Å². The van der Waals surface area contributed by atoms with Crippen molar-refractivity contribution >= 4 is 39.8 Å². The number of rotatable bonds is 5. The minimum Gasteiger partial charge on any atom is -0.462 e. The Bertz CT molecular complexity index is 900. The Morgan fingerprint density at radius 1 is 1.23 bits per heavy atom. The number of esters is 2. The van der Waals surface area contributed by atoms with E-state index >= 15 is 0 Å². The standard InChI is InChI=1S/C20H16BrNO4/c1-2-10-25-19(23)14-8-6-13(7-9-14)11-17-20(24)26-18(22-17)15-4-3-5-16(21)12-15/h3-9,11-12H,2,10H2,1H3/b17-11-. The second-order valence-corrected chi connectivity index (χ2v) is 6.52. The summed E-state index contributed by atoms with van der Waals surface area (Å²) in [6.45, 7) is 2.33.